The third-order valence-corrected chi connectivity index (χ3v) is 12.7. The molecule has 0 aliphatic carbocycles. The Morgan fingerprint density at radius 2 is 0.769 bits per heavy atom. The molecule has 0 atom stereocenters. The van der Waals surface area contributed by atoms with Crippen LogP contribution in [0.15, 0.2) is 146 Å². The summed E-state index contributed by atoms with van der Waals surface area (Å²) in [6.45, 7) is 3.17. The fourth-order valence-corrected chi connectivity index (χ4v) is 10.6. The van der Waals surface area contributed by atoms with Crippen molar-refractivity contribution in [3.8, 4) is 0 Å². The smallest absolute Gasteiger partial charge is 0.0817 e. The molecule has 0 unspecified atom stereocenters. The summed E-state index contributed by atoms with van der Waals surface area (Å²) in [4.78, 5) is 0. The Hall–Kier alpha value is -6.17. The van der Waals surface area contributed by atoms with Gasteiger partial charge in [-0.15, -0.1) is 0 Å². The van der Waals surface area contributed by atoms with Crippen LogP contribution in [0.3, 0.4) is 0 Å². The van der Waals surface area contributed by atoms with Crippen LogP contribution in [0.25, 0.3) is 109 Å². The van der Waals surface area contributed by atoms with E-state index in [0.717, 1.165) is 6.54 Å². The first kappa shape index (κ1) is 28.5. The normalized spacial score (nSPS) is 12.6. The van der Waals surface area contributed by atoms with Gasteiger partial charge in [0.05, 0.1) is 45.2 Å². The van der Waals surface area contributed by atoms with Gasteiger partial charge in [-0.1, -0.05) is 121 Å². The average molecular weight is 685 g/mol. The third-order valence-electron chi connectivity index (χ3n) is 11.6. The van der Waals surface area contributed by atoms with E-state index in [1.54, 1.807) is 0 Å². The molecule has 4 aromatic heterocycles. The number of hydrogen-bond donors (Lipinski definition) is 0. The van der Waals surface area contributed by atoms with Gasteiger partial charge < -0.3 is 9.13 Å². The lowest BCUT2D eigenvalue weighted by Gasteiger charge is -2.14. The fourth-order valence-electron chi connectivity index (χ4n) is 9.43. The van der Waals surface area contributed by atoms with Crippen molar-refractivity contribution in [1.29, 1.82) is 0 Å². The topological polar surface area (TPSA) is 19.7 Å². The molecule has 0 radical (unpaired) electrons. The molecular formula is C47H32N4S. The van der Waals surface area contributed by atoms with Crippen molar-refractivity contribution in [2.45, 2.75) is 13.5 Å². The van der Waals surface area contributed by atoms with Crippen molar-refractivity contribution in [2.24, 2.45) is 7.05 Å². The number of nitrogens with zero attached hydrogens (tertiary/aromatic N) is 4. The van der Waals surface area contributed by atoms with Crippen LogP contribution < -0.4 is 0 Å². The monoisotopic (exact) mass is 684 g/mol. The molecule has 0 aliphatic heterocycles. The minimum atomic E-state index is 0.896. The Labute approximate surface area is 302 Å². The summed E-state index contributed by atoms with van der Waals surface area (Å²) in [5.74, 6) is 0. The zero-order chi connectivity index (χ0) is 34.2. The summed E-state index contributed by atoms with van der Waals surface area (Å²) in [5.41, 5.74) is 10.1. The number of fused-ring (bicyclic) bond motifs is 18. The first-order valence-electron chi connectivity index (χ1n) is 18.1. The van der Waals surface area contributed by atoms with Gasteiger partial charge in [0.2, 0.25) is 0 Å². The molecular weight excluding hydrogens is 653 g/mol. The molecule has 12 aromatic rings. The Bertz CT molecular complexity index is 3490. The molecule has 0 saturated heterocycles. The van der Waals surface area contributed by atoms with E-state index in [2.05, 4.69) is 177 Å². The maximum Gasteiger partial charge on any atom is 0.0817 e. The fraction of sp³-hybridized carbons (Fsp3) is 0.0638. The average Bonchev–Trinajstić information content (AvgIpc) is 3.90. The maximum absolute atomic E-state index is 2.52. The summed E-state index contributed by atoms with van der Waals surface area (Å²) in [6, 6.07) is 54.1. The van der Waals surface area contributed by atoms with Crippen molar-refractivity contribution in [2.75, 3.05) is 0 Å². The van der Waals surface area contributed by atoms with Gasteiger partial charge in [-0.2, -0.15) is 0 Å². The van der Waals surface area contributed by atoms with E-state index in [4.69, 9.17) is 0 Å². The van der Waals surface area contributed by atoms with E-state index >= 15 is 0 Å². The summed E-state index contributed by atoms with van der Waals surface area (Å²) in [6.07, 6.45) is 0. The molecule has 0 N–H and O–H groups in total. The van der Waals surface area contributed by atoms with Gasteiger partial charge in [0.25, 0.3) is 0 Å². The second kappa shape index (κ2) is 10.2. The van der Waals surface area contributed by atoms with E-state index in [-0.39, 0.29) is 0 Å². The van der Waals surface area contributed by atoms with Gasteiger partial charge in [0.1, 0.15) is 0 Å². The van der Waals surface area contributed by atoms with Crippen LogP contribution in [0.1, 0.15) is 6.92 Å². The third kappa shape index (κ3) is 3.49. The quantitative estimate of drug-likeness (QED) is 0.181. The maximum atomic E-state index is 2.52. The van der Waals surface area contributed by atoms with E-state index in [9.17, 15) is 0 Å². The predicted molar refractivity (Wildman–Crippen MR) is 225 cm³/mol. The zero-order valence-electron chi connectivity index (χ0n) is 28.8. The molecule has 4 heterocycles. The number of aromatic nitrogens is 4. The molecule has 5 heteroatoms. The number of aryl methyl sites for hydroxylation is 2. The highest BCUT2D eigenvalue weighted by molar-refractivity contribution is 7.97. The predicted octanol–water partition coefficient (Wildman–Crippen LogP) is 12.9. The number of benzene rings is 8. The molecule has 8 aromatic carbocycles. The van der Waals surface area contributed by atoms with Crippen molar-refractivity contribution in [3.05, 3.63) is 146 Å². The Balaban J connectivity index is 1.28. The zero-order valence-corrected chi connectivity index (χ0v) is 29.6. The lowest BCUT2D eigenvalue weighted by molar-refractivity contribution is 0.829. The highest BCUT2D eigenvalue weighted by Gasteiger charge is 2.23. The van der Waals surface area contributed by atoms with Gasteiger partial charge in [-0.05, 0) is 42.0 Å². The summed E-state index contributed by atoms with van der Waals surface area (Å²) < 4.78 is 9.96. The van der Waals surface area contributed by atoms with Crippen LogP contribution in [0.4, 0.5) is 0 Å². The van der Waals surface area contributed by atoms with Crippen LogP contribution in [-0.2, 0) is 13.6 Å². The number of para-hydroxylation sites is 4. The van der Waals surface area contributed by atoms with Gasteiger partial charge in [0, 0.05) is 78.5 Å². The first-order valence-corrected chi connectivity index (χ1v) is 18.8. The second-order valence-corrected chi connectivity index (χ2v) is 15.0. The van der Waals surface area contributed by atoms with Gasteiger partial charge in [-0.25, -0.2) is 0 Å². The van der Waals surface area contributed by atoms with Crippen LogP contribution in [0.2, 0.25) is 0 Å². The molecule has 0 spiro atoms. The van der Waals surface area contributed by atoms with Crippen LogP contribution in [-0.4, -0.2) is 17.1 Å². The molecule has 52 heavy (non-hydrogen) atoms. The van der Waals surface area contributed by atoms with Crippen molar-refractivity contribution < 1.29 is 0 Å². The highest BCUT2D eigenvalue weighted by Crippen LogP contribution is 2.46. The van der Waals surface area contributed by atoms with Gasteiger partial charge in [0.15, 0.2) is 0 Å². The van der Waals surface area contributed by atoms with E-state index < -0.39 is 0 Å². The summed E-state index contributed by atoms with van der Waals surface area (Å²) in [7, 11) is 2.22. The first-order chi connectivity index (χ1) is 25.7. The lowest BCUT2D eigenvalue weighted by Crippen LogP contribution is -1.98. The molecule has 0 aliphatic rings. The van der Waals surface area contributed by atoms with Crippen molar-refractivity contribution in [1.82, 2.24) is 17.1 Å². The molecule has 0 fully saturated rings. The van der Waals surface area contributed by atoms with Crippen molar-refractivity contribution in [3.63, 3.8) is 0 Å². The Morgan fingerprint density at radius 3 is 1.29 bits per heavy atom. The number of rotatable bonds is 3. The molecule has 246 valence electrons. The number of hydrogen-bond acceptors (Lipinski definition) is 1. The molecule has 0 saturated carbocycles. The minimum absolute atomic E-state index is 0.896. The van der Waals surface area contributed by atoms with Crippen LogP contribution >= 0.6 is 12.1 Å². The second-order valence-electron chi connectivity index (χ2n) is 14.1. The molecule has 12 rings (SSSR count). The largest absolute Gasteiger partial charge is 0.343 e. The van der Waals surface area contributed by atoms with E-state index in [0.29, 0.717) is 0 Å². The van der Waals surface area contributed by atoms with E-state index in [1.807, 2.05) is 12.1 Å². The van der Waals surface area contributed by atoms with Crippen LogP contribution in [0, 0.1) is 0 Å². The molecule has 0 bridgehead atoms. The van der Waals surface area contributed by atoms with E-state index in [1.165, 1.54) is 109 Å². The van der Waals surface area contributed by atoms with Gasteiger partial charge >= 0.3 is 0 Å². The SMILES string of the molecule is CCn1c2ccccc2c2ccc3ccc4c5ccccc5n(Sn5c6ccccc6c6ccc7ccc8c9ccccc9n(C)c8c7c65)c4c3c21. The highest BCUT2D eigenvalue weighted by atomic mass is 32.2. The standard InChI is InChI=1S/C47H32N4S/c1-3-49-39-17-9-5-13-31(39)35-25-21-29-23-27-37-33-15-7-11-19-41(33)51(47(37)43(29)45(35)49)52-50-40-18-10-6-14-32(40)36-26-22-28-20-24-34-30-12-4-8-16-38(30)48(2)44(34)42(28)46(36)50/h4-27H,3H2,1-2H3. The summed E-state index contributed by atoms with van der Waals surface area (Å²) in [5, 5.41) is 15.4. The van der Waals surface area contributed by atoms with Gasteiger partial charge in [-0.3, -0.25) is 7.94 Å². The Kier molecular flexibility index (Phi) is 5.60. The van der Waals surface area contributed by atoms with Crippen LogP contribution in [0.5, 0.6) is 0 Å². The summed E-state index contributed by atoms with van der Waals surface area (Å²) >= 11 is 1.81. The molecule has 4 nitrogen and oxygen atoms in total. The van der Waals surface area contributed by atoms with Crippen molar-refractivity contribution >= 4 is 121 Å². The Morgan fingerprint density at radius 1 is 0.385 bits per heavy atom. The lowest BCUT2D eigenvalue weighted by atomic mass is 10.0. The minimum Gasteiger partial charge on any atom is -0.343 e. The molecule has 0 amide bonds.